The van der Waals surface area contributed by atoms with Gasteiger partial charge in [0.15, 0.2) is 0 Å². The van der Waals surface area contributed by atoms with Crippen LogP contribution in [-0.2, 0) is 6.54 Å². The molecule has 124 valence electrons. The van der Waals surface area contributed by atoms with E-state index < -0.39 is 0 Å². The fourth-order valence-electron chi connectivity index (χ4n) is 2.53. The Hall–Kier alpha value is -2.82. The predicted molar refractivity (Wildman–Crippen MR) is 91.1 cm³/mol. The Balaban J connectivity index is 1.58. The largest absolute Gasteiger partial charge is 0.459 e. The van der Waals surface area contributed by atoms with Gasteiger partial charge in [0.2, 0.25) is 0 Å². The van der Waals surface area contributed by atoms with Crippen molar-refractivity contribution in [1.82, 2.24) is 10.6 Å². The van der Waals surface area contributed by atoms with Gasteiger partial charge in [0.05, 0.1) is 6.04 Å². The van der Waals surface area contributed by atoms with Crippen LogP contribution in [0.3, 0.4) is 0 Å². The van der Waals surface area contributed by atoms with Crippen LogP contribution in [0, 0.1) is 12.7 Å². The lowest BCUT2D eigenvalue weighted by molar-refractivity contribution is 0.236. The minimum atomic E-state index is -0.301. The van der Waals surface area contributed by atoms with Crippen LogP contribution in [-0.4, -0.2) is 6.03 Å². The van der Waals surface area contributed by atoms with E-state index in [4.69, 9.17) is 4.42 Å². The molecule has 3 rings (SSSR count). The van der Waals surface area contributed by atoms with Crippen molar-refractivity contribution in [3.05, 3.63) is 71.2 Å². The number of furan rings is 1. The lowest BCUT2D eigenvalue weighted by Crippen LogP contribution is -2.36. The number of para-hydroxylation sites is 1. The zero-order chi connectivity index (χ0) is 17.1. The Morgan fingerprint density at radius 2 is 2.00 bits per heavy atom. The summed E-state index contributed by atoms with van der Waals surface area (Å²) >= 11 is 0. The average Bonchev–Trinajstić information content (AvgIpc) is 3.00. The summed E-state index contributed by atoms with van der Waals surface area (Å²) in [6, 6.07) is 13.8. The Labute approximate surface area is 139 Å². The Kier molecular flexibility index (Phi) is 4.51. The summed E-state index contributed by atoms with van der Waals surface area (Å²) in [5, 5.41) is 6.60. The second-order valence-electron chi connectivity index (χ2n) is 5.82. The molecule has 0 saturated carbocycles. The number of fused-ring (bicyclic) bond motifs is 1. The van der Waals surface area contributed by atoms with E-state index in [0.717, 1.165) is 16.5 Å². The molecule has 0 unspecified atom stereocenters. The van der Waals surface area contributed by atoms with Crippen molar-refractivity contribution < 1.29 is 13.6 Å². The van der Waals surface area contributed by atoms with Gasteiger partial charge in [-0.2, -0.15) is 0 Å². The van der Waals surface area contributed by atoms with Crippen molar-refractivity contribution in [2.75, 3.05) is 0 Å². The van der Waals surface area contributed by atoms with Crippen LogP contribution in [0.2, 0.25) is 0 Å². The van der Waals surface area contributed by atoms with Gasteiger partial charge in [0, 0.05) is 11.9 Å². The minimum absolute atomic E-state index is 0.248. The van der Waals surface area contributed by atoms with E-state index in [0.29, 0.717) is 17.9 Å². The molecule has 0 spiro atoms. The first-order chi connectivity index (χ1) is 11.5. The predicted octanol–water partition coefficient (Wildman–Crippen LogP) is 4.44. The molecule has 2 amide bonds. The van der Waals surface area contributed by atoms with E-state index in [2.05, 4.69) is 10.6 Å². The zero-order valence-corrected chi connectivity index (χ0v) is 13.6. The smallest absolute Gasteiger partial charge is 0.315 e. The number of hydrogen-bond donors (Lipinski definition) is 2. The number of rotatable bonds is 4. The third kappa shape index (κ3) is 3.56. The summed E-state index contributed by atoms with van der Waals surface area (Å²) in [5.41, 5.74) is 2.20. The summed E-state index contributed by atoms with van der Waals surface area (Å²) < 4.78 is 19.0. The second-order valence-corrected chi connectivity index (χ2v) is 5.82. The molecule has 1 aromatic heterocycles. The highest BCUT2D eigenvalue weighted by molar-refractivity contribution is 5.78. The molecule has 4 nitrogen and oxygen atoms in total. The van der Waals surface area contributed by atoms with Crippen molar-refractivity contribution in [2.24, 2.45) is 0 Å². The van der Waals surface area contributed by atoms with Crippen LogP contribution >= 0.6 is 0 Å². The van der Waals surface area contributed by atoms with Crippen LogP contribution < -0.4 is 10.6 Å². The number of halogens is 1. The first-order valence-electron chi connectivity index (χ1n) is 7.81. The lowest BCUT2D eigenvalue weighted by atomic mass is 10.1. The molecule has 0 aliphatic rings. The Morgan fingerprint density at radius 1 is 1.21 bits per heavy atom. The Bertz CT molecular complexity index is 840. The van der Waals surface area contributed by atoms with Crippen molar-refractivity contribution in [3.63, 3.8) is 0 Å². The van der Waals surface area contributed by atoms with Crippen molar-refractivity contribution in [3.8, 4) is 0 Å². The molecular weight excluding hydrogens is 307 g/mol. The van der Waals surface area contributed by atoms with Gasteiger partial charge in [-0.25, -0.2) is 9.18 Å². The van der Waals surface area contributed by atoms with E-state index in [-0.39, 0.29) is 17.9 Å². The van der Waals surface area contributed by atoms with Gasteiger partial charge >= 0.3 is 6.03 Å². The van der Waals surface area contributed by atoms with Crippen LogP contribution in [0.5, 0.6) is 0 Å². The molecule has 24 heavy (non-hydrogen) atoms. The van der Waals surface area contributed by atoms with E-state index in [1.54, 1.807) is 19.1 Å². The number of amides is 2. The average molecular weight is 326 g/mol. The Morgan fingerprint density at radius 3 is 2.75 bits per heavy atom. The maximum Gasteiger partial charge on any atom is 0.315 e. The fourth-order valence-corrected chi connectivity index (χ4v) is 2.53. The number of nitrogens with one attached hydrogen (secondary N) is 2. The maximum atomic E-state index is 13.2. The number of urea groups is 1. The molecule has 3 aromatic rings. The van der Waals surface area contributed by atoms with Gasteiger partial charge in [-0.05, 0) is 43.2 Å². The molecule has 0 fully saturated rings. The first-order valence-corrected chi connectivity index (χ1v) is 7.81. The van der Waals surface area contributed by atoms with Crippen LogP contribution in [0.15, 0.2) is 52.9 Å². The van der Waals surface area contributed by atoms with Gasteiger partial charge in [-0.15, -0.1) is 0 Å². The van der Waals surface area contributed by atoms with Gasteiger partial charge in [0.1, 0.15) is 17.2 Å². The molecule has 0 saturated heterocycles. The number of hydrogen-bond acceptors (Lipinski definition) is 2. The first kappa shape index (κ1) is 16.1. The van der Waals surface area contributed by atoms with Crippen molar-refractivity contribution >= 4 is 17.0 Å². The number of aryl methyl sites for hydroxylation is 1. The van der Waals surface area contributed by atoms with Crippen LogP contribution in [0.25, 0.3) is 11.0 Å². The summed E-state index contributed by atoms with van der Waals surface area (Å²) in [5.74, 6) is 0.450. The molecule has 0 radical (unpaired) electrons. The lowest BCUT2D eigenvalue weighted by Gasteiger charge is -2.13. The third-order valence-electron chi connectivity index (χ3n) is 3.89. The molecule has 2 N–H and O–H groups in total. The van der Waals surface area contributed by atoms with E-state index in [1.165, 1.54) is 6.07 Å². The van der Waals surface area contributed by atoms with Crippen molar-refractivity contribution in [2.45, 2.75) is 26.4 Å². The highest BCUT2D eigenvalue weighted by Gasteiger charge is 2.14. The number of carbonyl (C=O) groups excluding carboxylic acids is 1. The molecule has 1 heterocycles. The fraction of sp³-hybridized carbons (Fsp3) is 0.211. The van der Waals surface area contributed by atoms with E-state index in [1.807, 2.05) is 37.3 Å². The maximum absolute atomic E-state index is 13.2. The number of carbonyl (C=O) groups is 1. The van der Waals surface area contributed by atoms with Gasteiger partial charge in [-0.3, -0.25) is 0 Å². The third-order valence-corrected chi connectivity index (χ3v) is 3.89. The molecule has 0 bridgehead atoms. The summed E-state index contributed by atoms with van der Waals surface area (Å²) in [6.07, 6.45) is 0. The van der Waals surface area contributed by atoms with Crippen molar-refractivity contribution in [1.29, 1.82) is 0 Å². The number of benzene rings is 2. The quantitative estimate of drug-likeness (QED) is 0.744. The highest BCUT2D eigenvalue weighted by atomic mass is 19.1. The zero-order valence-electron chi connectivity index (χ0n) is 13.6. The van der Waals surface area contributed by atoms with Crippen LogP contribution in [0.4, 0.5) is 9.18 Å². The van der Waals surface area contributed by atoms with Gasteiger partial charge in [0.25, 0.3) is 0 Å². The molecule has 0 aliphatic carbocycles. The van der Waals surface area contributed by atoms with Gasteiger partial charge < -0.3 is 15.1 Å². The monoisotopic (exact) mass is 326 g/mol. The normalized spacial score (nSPS) is 12.1. The summed E-state index contributed by atoms with van der Waals surface area (Å²) in [4.78, 5) is 12.0. The second kappa shape index (κ2) is 6.74. The molecule has 0 aliphatic heterocycles. The molecular formula is C19H19FN2O2. The standard InChI is InChI=1S/C19H19FN2O2/c1-12-9-14(7-8-16(12)20)11-21-19(23)22-13(2)18-10-15-5-3-4-6-17(15)24-18/h3-10,13H,11H2,1-2H3,(H2,21,22,23)/t13-/m0/s1. The summed E-state index contributed by atoms with van der Waals surface area (Å²) in [6.45, 7) is 3.89. The van der Waals surface area contributed by atoms with E-state index in [9.17, 15) is 9.18 Å². The van der Waals surface area contributed by atoms with Gasteiger partial charge in [-0.1, -0.05) is 30.3 Å². The molecule has 2 aromatic carbocycles. The topological polar surface area (TPSA) is 54.3 Å². The minimum Gasteiger partial charge on any atom is -0.459 e. The molecule has 1 atom stereocenters. The highest BCUT2D eigenvalue weighted by Crippen LogP contribution is 2.23. The van der Waals surface area contributed by atoms with Crippen LogP contribution in [0.1, 0.15) is 29.9 Å². The molecule has 5 heteroatoms. The van der Waals surface area contributed by atoms with E-state index >= 15 is 0 Å². The summed E-state index contributed by atoms with van der Waals surface area (Å²) in [7, 11) is 0. The SMILES string of the molecule is Cc1cc(CNC(=O)N[C@@H](C)c2cc3ccccc3o2)ccc1F.